The molecule has 0 aliphatic carbocycles. The summed E-state index contributed by atoms with van der Waals surface area (Å²) in [4.78, 5) is 18.9. The van der Waals surface area contributed by atoms with E-state index in [0.717, 1.165) is 34.8 Å². The molecule has 37 heavy (non-hydrogen) atoms. The van der Waals surface area contributed by atoms with Gasteiger partial charge in [0, 0.05) is 11.6 Å². The highest BCUT2D eigenvalue weighted by molar-refractivity contribution is 7.89. The molecule has 1 amide bonds. The van der Waals surface area contributed by atoms with Gasteiger partial charge in [0.15, 0.2) is 6.04 Å². The molecule has 1 aliphatic heterocycles. The van der Waals surface area contributed by atoms with Gasteiger partial charge in [0.25, 0.3) is 15.9 Å². The standard InChI is InChI=1S/C29H41N3O4S/c1-3-4-5-6-7-8-9-16-21-37(34,35)32-28(29(33)31-36-23-25-17-12-10-13-18-25)27(22-24(2)30-32)26-19-14-11-15-20-26/h10-15,17-20,27-28H,3-9,16,21-23H2,1-2H3,(H,31,33). The highest BCUT2D eigenvalue weighted by atomic mass is 32.2. The van der Waals surface area contributed by atoms with Crippen LogP contribution in [0, 0.1) is 0 Å². The second-order valence-electron chi connectivity index (χ2n) is 9.81. The summed E-state index contributed by atoms with van der Waals surface area (Å²) >= 11 is 0. The second kappa shape index (κ2) is 14.9. The third-order valence-corrected chi connectivity index (χ3v) is 8.38. The maximum Gasteiger partial charge on any atom is 0.269 e. The van der Waals surface area contributed by atoms with Crippen molar-refractivity contribution in [2.24, 2.45) is 5.10 Å². The first-order valence-corrected chi connectivity index (χ1v) is 15.1. The minimum Gasteiger partial charge on any atom is -0.270 e. The fourth-order valence-corrected chi connectivity index (χ4v) is 6.32. The Morgan fingerprint density at radius 1 is 0.946 bits per heavy atom. The number of unbranched alkanes of at least 4 members (excludes halogenated alkanes) is 7. The van der Waals surface area contributed by atoms with Gasteiger partial charge in [-0.15, -0.1) is 0 Å². The quantitative estimate of drug-likeness (QED) is 0.229. The second-order valence-corrected chi connectivity index (χ2v) is 11.8. The number of carbonyl (C=O) groups excluding carboxylic acids is 1. The van der Waals surface area contributed by atoms with Crippen molar-refractivity contribution < 1.29 is 18.0 Å². The predicted octanol–water partition coefficient (Wildman–Crippen LogP) is 5.94. The van der Waals surface area contributed by atoms with Crippen molar-refractivity contribution in [2.75, 3.05) is 5.75 Å². The Bertz CT molecular complexity index is 1090. The summed E-state index contributed by atoms with van der Waals surface area (Å²) in [7, 11) is -3.80. The topological polar surface area (TPSA) is 88.1 Å². The van der Waals surface area contributed by atoms with Crippen LogP contribution in [0.2, 0.25) is 0 Å². The molecule has 0 bridgehead atoms. The number of amides is 1. The number of nitrogens with one attached hydrogen (secondary N) is 1. The molecule has 1 N–H and O–H groups in total. The van der Waals surface area contributed by atoms with Crippen molar-refractivity contribution in [2.45, 2.75) is 90.2 Å². The summed E-state index contributed by atoms with van der Waals surface area (Å²) in [5, 5.41) is 4.39. The third-order valence-electron chi connectivity index (χ3n) is 6.70. The zero-order valence-electron chi connectivity index (χ0n) is 22.1. The molecule has 2 aromatic carbocycles. The van der Waals surface area contributed by atoms with Crippen LogP contribution in [-0.4, -0.2) is 36.2 Å². The van der Waals surface area contributed by atoms with Gasteiger partial charge in [0.1, 0.15) is 0 Å². The Kier molecular flexibility index (Phi) is 11.6. The first-order valence-electron chi connectivity index (χ1n) is 13.5. The molecule has 3 rings (SSSR count). The number of sulfonamides is 1. The Hall–Kier alpha value is -2.71. The van der Waals surface area contributed by atoms with Gasteiger partial charge in [0.05, 0.1) is 12.4 Å². The lowest BCUT2D eigenvalue weighted by Gasteiger charge is -2.37. The minimum atomic E-state index is -3.80. The Morgan fingerprint density at radius 2 is 1.54 bits per heavy atom. The van der Waals surface area contributed by atoms with Gasteiger partial charge in [-0.2, -0.15) is 9.52 Å². The molecule has 202 valence electrons. The lowest BCUT2D eigenvalue weighted by atomic mass is 9.86. The molecule has 2 aromatic rings. The van der Waals surface area contributed by atoms with E-state index in [1.54, 1.807) is 0 Å². The molecular formula is C29H41N3O4S. The maximum atomic E-state index is 13.5. The van der Waals surface area contributed by atoms with E-state index in [-0.39, 0.29) is 18.3 Å². The number of carbonyl (C=O) groups is 1. The molecule has 2 atom stereocenters. The summed E-state index contributed by atoms with van der Waals surface area (Å²) in [6.45, 7) is 4.19. The van der Waals surface area contributed by atoms with Gasteiger partial charge >= 0.3 is 0 Å². The SMILES string of the molecule is CCCCCCCCCCS(=O)(=O)N1N=C(C)CC(c2ccccc2)C1C(=O)NOCc1ccccc1. The van der Waals surface area contributed by atoms with Crippen LogP contribution >= 0.6 is 0 Å². The molecule has 8 heteroatoms. The third kappa shape index (κ3) is 8.97. The zero-order valence-corrected chi connectivity index (χ0v) is 23.0. The number of nitrogens with zero attached hydrogens (tertiary/aromatic N) is 2. The molecular weight excluding hydrogens is 486 g/mol. The Balaban J connectivity index is 1.70. The summed E-state index contributed by atoms with van der Waals surface area (Å²) in [5.74, 6) is -0.914. The van der Waals surface area contributed by atoms with Gasteiger partial charge in [-0.3, -0.25) is 9.63 Å². The Morgan fingerprint density at radius 3 is 2.19 bits per heavy atom. The number of hydrogen-bond donors (Lipinski definition) is 1. The highest BCUT2D eigenvalue weighted by Gasteiger charge is 2.43. The fraction of sp³-hybridized carbons (Fsp3) is 0.517. The van der Waals surface area contributed by atoms with Crippen molar-refractivity contribution in [3.8, 4) is 0 Å². The number of hydroxylamine groups is 1. The first-order chi connectivity index (χ1) is 17.9. The number of hydrogen-bond acceptors (Lipinski definition) is 5. The molecule has 0 spiro atoms. The predicted molar refractivity (Wildman–Crippen MR) is 148 cm³/mol. The van der Waals surface area contributed by atoms with E-state index in [1.165, 1.54) is 25.7 Å². The van der Waals surface area contributed by atoms with E-state index in [0.29, 0.717) is 18.6 Å². The lowest BCUT2D eigenvalue weighted by Crippen LogP contribution is -2.53. The van der Waals surface area contributed by atoms with Gasteiger partial charge < -0.3 is 0 Å². The summed E-state index contributed by atoms with van der Waals surface area (Å²) in [6.07, 6.45) is 8.93. The van der Waals surface area contributed by atoms with Gasteiger partial charge in [-0.25, -0.2) is 13.9 Å². The van der Waals surface area contributed by atoms with E-state index in [1.807, 2.05) is 67.6 Å². The highest BCUT2D eigenvalue weighted by Crippen LogP contribution is 2.34. The molecule has 1 aliphatic rings. The first kappa shape index (κ1) is 28.9. The molecule has 0 fully saturated rings. The van der Waals surface area contributed by atoms with Crippen LogP contribution in [0.4, 0.5) is 0 Å². The van der Waals surface area contributed by atoms with Gasteiger partial charge in [-0.1, -0.05) is 113 Å². The molecule has 2 unspecified atom stereocenters. The molecule has 0 saturated carbocycles. The van der Waals surface area contributed by atoms with Crippen molar-refractivity contribution >= 4 is 21.6 Å². The van der Waals surface area contributed by atoms with E-state index < -0.39 is 22.0 Å². The smallest absolute Gasteiger partial charge is 0.269 e. The van der Waals surface area contributed by atoms with Gasteiger partial charge in [0.2, 0.25) is 0 Å². The lowest BCUT2D eigenvalue weighted by molar-refractivity contribution is -0.139. The van der Waals surface area contributed by atoms with E-state index in [2.05, 4.69) is 17.5 Å². The summed E-state index contributed by atoms with van der Waals surface area (Å²) < 4.78 is 28.0. The number of hydrazone groups is 1. The fourth-order valence-electron chi connectivity index (χ4n) is 4.71. The average Bonchev–Trinajstić information content (AvgIpc) is 2.90. The van der Waals surface area contributed by atoms with E-state index in [4.69, 9.17) is 4.84 Å². The van der Waals surface area contributed by atoms with E-state index in [9.17, 15) is 13.2 Å². The Labute approximate surface area is 222 Å². The summed E-state index contributed by atoms with van der Waals surface area (Å²) in [5.41, 5.74) is 4.98. The van der Waals surface area contributed by atoms with Crippen molar-refractivity contribution in [1.82, 2.24) is 9.89 Å². The number of benzene rings is 2. The molecule has 7 nitrogen and oxygen atoms in total. The van der Waals surface area contributed by atoms with Crippen LogP contribution in [0.5, 0.6) is 0 Å². The van der Waals surface area contributed by atoms with Crippen LogP contribution in [-0.2, 0) is 26.3 Å². The summed E-state index contributed by atoms with van der Waals surface area (Å²) in [6, 6.07) is 18.0. The monoisotopic (exact) mass is 527 g/mol. The molecule has 0 radical (unpaired) electrons. The molecule has 0 aromatic heterocycles. The minimum absolute atomic E-state index is 0.0328. The zero-order chi connectivity index (χ0) is 26.5. The molecule has 0 saturated heterocycles. The van der Waals surface area contributed by atoms with Crippen LogP contribution in [0.25, 0.3) is 0 Å². The van der Waals surface area contributed by atoms with Crippen molar-refractivity contribution in [1.29, 1.82) is 0 Å². The largest absolute Gasteiger partial charge is 0.270 e. The normalized spacial score (nSPS) is 17.9. The van der Waals surface area contributed by atoms with E-state index >= 15 is 0 Å². The van der Waals surface area contributed by atoms with Gasteiger partial charge in [-0.05, 0) is 30.9 Å². The molecule has 1 heterocycles. The number of rotatable bonds is 15. The van der Waals surface area contributed by atoms with Crippen molar-refractivity contribution in [3.63, 3.8) is 0 Å². The average molecular weight is 528 g/mol. The van der Waals surface area contributed by atoms with Crippen LogP contribution in [0.15, 0.2) is 65.8 Å². The van der Waals surface area contributed by atoms with Crippen LogP contribution < -0.4 is 5.48 Å². The van der Waals surface area contributed by atoms with Crippen molar-refractivity contribution in [3.05, 3.63) is 71.8 Å². The van der Waals surface area contributed by atoms with Crippen LogP contribution in [0.1, 0.15) is 88.7 Å². The maximum absolute atomic E-state index is 13.5. The van der Waals surface area contributed by atoms with Crippen LogP contribution in [0.3, 0.4) is 0 Å².